The summed E-state index contributed by atoms with van der Waals surface area (Å²) in [5.41, 5.74) is 7.84. The molecule has 56 heavy (non-hydrogen) atoms. The van der Waals surface area contributed by atoms with Crippen LogP contribution in [0.5, 0.6) is 0 Å². The van der Waals surface area contributed by atoms with Crippen LogP contribution in [0.3, 0.4) is 0 Å². The second-order valence-corrected chi connectivity index (χ2v) is 17.9. The Morgan fingerprint density at radius 3 is 2.07 bits per heavy atom. The third-order valence-electron chi connectivity index (χ3n) is 11.1. The Hall–Kier alpha value is -6.00. The van der Waals surface area contributed by atoms with Gasteiger partial charge in [-0.1, -0.05) is 126 Å². The minimum Gasteiger partial charge on any atom is -0.355 e. The van der Waals surface area contributed by atoms with E-state index in [0.29, 0.717) is 5.69 Å². The van der Waals surface area contributed by atoms with Crippen LogP contribution >= 0.6 is 0 Å². The van der Waals surface area contributed by atoms with Crippen LogP contribution in [0, 0.1) is 19.1 Å². The molecule has 0 fully saturated rings. The van der Waals surface area contributed by atoms with Gasteiger partial charge < -0.3 is 14.4 Å². The van der Waals surface area contributed by atoms with Crippen LogP contribution in [0.15, 0.2) is 182 Å². The Bertz CT molecular complexity index is 2930. The number of aromatic nitrogens is 2. The molecule has 0 atom stereocenters. The van der Waals surface area contributed by atoms with Crippen LogP contribution in [-0.2, 0) is 21.1 Å². The molecule has 6 heteroatoms. The van der Waals surface area contributed by atoms with Crippen molar-refractivity contribution in [1.82, 2.24) is 9.55 Å². The molecule has 2 aromatic heterocycles. The Labute approximate surface area is 347 Å². The van der Waals surface area contributed by atoms with Gasteiger partial charge in [-0.25, -0.2) is 4.98 Å². The number of anilines is 3. The van der Waals surface area contributed by atoms with E-state index in [2.05, 4.69) is 174 Å². The van der Waals surface area contributed by atoms with Crippen molar-refractivity contribution >= 4 is 67.7 Å². The van der Waals surface area contributed by atoms with Crippen LogP contribution < -0.4 is 30.5 Å². The molecule has 272 valence electrons. The van der Waals surface area contributed by atoms with Crippen LogP contribution in [0.1, 0.15) is 9.68 Å². The van der Waals surface area contributed by atoms with Crippen molar-refractivity contribution in [3.63, 3.8) is 0 Å². The fourth-order valence-corrected chi connectivity index (χ4v) is 13.1. The molecular formula is C50H38N4PtSi. The van der Waals surface area contributed by atoms with Crippen molar-refractivity contribution in [2.45, 2.75) is 6.92 Å². The minimum absolute atomic E-state index is 0. The SMILES string of the molecule is [2H]C([2H])([2H])N1CN(c2[c-]c([Si](c3[c-]c4c(cc3)c3ccccc3n4-c3cc(-c4ccccc4C)ccn3)(c3ccccc3)c3ccccc3)ccc2)c2ccccc21.[Pt+2]. The number of aryl methyl sites for hydroxylation is 1. The van der Waals surface area contributed by atoms with Gasteiger partial charge in [0.1, 0.15) is 13.9 Å². The summed E-state index contributed by atoms with van der Waals surface area (Å²) < 4.78 is 27.3. The summed E-state index contributed by atoms with van der Waals surface area (Å²) in [5.74, 6) is 0.826. The Kier molecular flexibility index (Phi) is 8.40. The maximum atomic E-state index is 8.36. The van der Waals surface area contributed by atoms with Gasteiger partial charge in [-0.05, 0) is 69.7 Å². The predicted octanol–water partition coefficient (Wildman–Crippen LogP) is 8.67. The Morgan fingerprint density at radius 2 is 1.30 bits per heavy atom. The first-order chi connectivity index (χ1) is 28.3. The Morgan fingerprint density at radius 1 is 0.625 bits per heavy atom. The third-order valence-corrected chi connectivity index (χ3v) is 15.7. The van der Waals surface area contributed by atoms with Crippen molar-refractivity contribution in [3.05, 3.63) is 200 Å². The van der Waals surface area contributed by atoms with Gasteiger partial charge in [0.15, 0.2) is 0 Å². The number of hydrogen-bond donors (Lipinski definition) is 0. The summed E-state index contributed by atoms with van der Waals surface area (Å²) in [7, 11) is -3.18. The molecule has 0 N–H and O–H groups in total. The summed E-state index contributed by atoms with van der Waals surface area (Å²) in [6.45, 7) is 0.0330. The number of pyridine rings is 1. The standard InChI is InChI=1S/C50H38N4Si.Pt/c1-36-16-9-10-23-43(36)37-30-31-51-50(32-37)54-46-25-12-11-24-44(46)45-29-28-42(34-49(45)54)55(39-18-5-3-6-19-39,40-20-7-4-8-21-40)41-22-15-17-38(33-41)53-35-52(2)47-26-13-14-27-48(47)53;/h3-32H,35H2,1-2H3;/q-2;+2/i2D3;. The van der Waals surface area contributed by atoms with E-state index >= 15 is 0 Å². The zero-order valence-electron chi connectivity index (χ0n) is 33.6. The molecule has 0 saturated carbocycles. The molecule has 4 nitrogen and oxygen atoms in total. The summed E-state index contributed by atoms with van der Waals surface area (Å²) >= 11 is 0. The molecule has 0 spiro atoms. The number of rotatable bonds is 7. The first-order valence-electron chi connectivity index (χ1n) is 20.1. The zero-order chi connectivity index (χ0) is 39.4. The van der Waals surface area contributed by atoms with E-state index in [-0.39, 0.29) is 27.7 Å². The molecular weight excluding hydrogens is 880 g/mol. The van der Waals surface area contributed by atoms with E-state index < -0.39 is 15.0 Å². The first-order valence-corrected chi connectivity index (χ1v) is 20.6. The van der Waals surface area contributed by atoms with Gasteiger partial charge in [0, 0.05) is 22.8 Å². The van der Waals surface area contributed by atoms with Gasteiger partial charge in [-0.15, -0.1) is 11.5 Å². The molecule has 0 radical (unpaired) electrons. The van der Waals surface area contributed by atoms with Crippen molar-refractivity contribution in [1.29, 1.82) is 0 Å². The normalized spacial score (nSPS) is 13.6. The number of para-hydroxylation sites is 3. The fourth-order valence-electron chi connectivity index (χ4n) is 8.52. The van der Waals surface area contributed by atoms with Gasteiger partial charge in [-0.3, -0.25) is 0 Å². The third kappa shape index (κ3) is 5.73. The van der Waals surface area contributed by atoms with Crippen LogP contribution in [0.4, 0.5) is 17.1 Å². The number of benzene rings is 7. The molecule has 1 aliphatic heterocycles. The largest absolute Gasteiger partial charge is 2.00 e. The van der Waals surface area contributed by atoms with Gasteiger partial charge in [0.2, 0.25) is 0 Å². The topological polar surface area (TPSA) is 24.3 Å². The molecule has 10 rings (SSSR count). The maximum absolute atomic E-state index is 8.36. The van der Waals surface area contributed by atoms with E-state index in [9.17, 15) is 0 Å². The smallest absolute Gasteiger partial charge is 0.355 e. The van der Waals surface area contributed by atoms with Crippen LogP contribution in [-0.4, -0.2) is 31.3 Å². The molecule has 0 unspecified atom stereocenters. The quantitative estimate of drug-likeness (QED) is 0.0910. The summed E-state index contributed by atoms with van der Waals surface area (Å²) in [5, 5.41) is 6.75. The van der Waals surface area contributed by atoms with Crippen molar-refractivity contribution < 1.29 is 25.2 Å². The summed E-state index contributed by atoms with van der Waals surface area (Å²) in [4.78, 5) is 8.56. The van der Waals surface area contributed by atoms with Crippen molar-refractivity contribution in [2.75, 3.05) is 23.4 Å². The molecule has 3 heterocycles. The summed E-state index contributed by atoms with van der Waals surface area (Å²) in [6.07, 6.45) is 1.90. The van der Waals surface area contributed by atoms with E-state index in [1.165, 1.54) is 26.4 Å². The molecule has 0 bridgehead atoms. The summed E-state index contributed by atoms with van der Waals surface area (Å²) in [6, 6.07) is 69.4. The van der Waals surface area contributed by atoms with Gasteiger partial charge in [0.05, 0.1) is 18.0 Å². The van der Waals surface area contributed by atoms with Crippen molar-refractivity contribution in [3.8, 4) is 16.9 Å². The molecule has 0 amide bonds. The van der Waals surface area contributed by atoms with Gasteiger partial charge >= 0.3 is 21.1 Å². The van der Waals surface area contributed by atoms with Gasteiger partial charge in [-0.2, -0.15) is 46.8 Å². The molecule has 0 saturated heterocycles. The molecule has 0 aliphatic carbocycles. The first kappa shape index (κ1) is 32.3. The number of hydrogen-bond acceptors (Lipinski definition) is 3. The molecule has 9 aromatic rings. The minimum atomic E-state index is -3.18. The second-order valence-electron chi connectivity index (χ2n) is 14.1. The molecule has 7 aromatic carbocycles. The number of fused-ring (bicyclic) bond motifs is 4. The van der Waals surface area contributed by atoms with Crippen molar-refractivity contribution in [2.24, 2.45) is 0 Å². The average Bonchev–Trinajstić information content (AvgIpc) is 3.82. The van der Waals surface area contributed by atoms with Crippen LogP contribution in [0.2, 0.25) is 0 Å². The predicted molar refractivity (Wildman–Crippen MR) is 232 cm³/mol. The van der Waals surface area contributed by atoms with E-state index in [4.69, 9.17) is 9.10 Å². The average molecular weight is 921 g/mol. The number of nitrogens with zero attached hydrogens (tertiary/aromatic N) is 4. The van der Waals surface area contributed by atoms with E-state index in [1.54, 1.807) is 0 Å². The van der Waals surface area contributed by atoms with Crippen LogP contribution in [0.25, 0.3) is 38.8 Å². The van der Waals surface area contributed by atoms with E-state index in [1.807, 2.05) is 36.5 Å². The maximum Gasteiger partial charge on any atom is 2.00 e. The fraction of sp³-hybridized carbons (Fsp3) is 0.0600. The second kappa shape index (κ2) is 14.6. The Balaban J connectivity index is 0.00000449. The molecule has 1 aliphatic rings. The zero-order valence-corrected chi connectivity index (χ0v) is 33.9. The monoisotopic (exact) mass is 920 g/mol. The van der Waals surface area contributed by atoms with E-state index in [0.717, 1.165) is 54.9 Å². The van der Waals surface area contributed by atoms with Gasteiger partial charge in [0.25, 0.3) is 0 Å².